The molecule has 6 N–H and O–H groups in total. The fourth-order valence-electron chi connectivity index (χ4n) is 4.71. The maximum absolute atomic E-state index is 13.1. The van der Waals surface area contributed by atoms with Gasteiger partial charge in [-0.25, -0.2) is 0 Å². The normalized spacial score (nSPS) is 13.4. The van der Waals surface area contributed by atoms with Crippen LogP contribution in [0.1, 0.15) is 42.3 Å². The zero-order chi connectivity index (χ0) is 29.9. The van der Waals surface area contributed by atoms with Crippen LogP contribution in [0.2, 0.25) is 0 Å². The molecule has 0 saturated carbocycles. The second-order valence-electron chi connectivity index (χ2n) is 11.1. The minimum atomic E-state index is -0.362. The molecule has 3 aromatic carbocycles. The van der Waals surface area contributed by atoms with E-state index in [2.05, 4.69) is 51.7 Å². The Morgan fingerprint density at radius 3 is 2.43 bits per heavy atom. The summed E-state index contributed by atoms with van der Waals surface area (Å²) in [6.07, 6.45) is 0. The molecule has 1 aromatic heterocycles. The summed E-state index contributed by atoms with van der Waals surface area (Å²) in [5.74, 6) is 0.164. The van der Waals surface area contributed by atoms with Gasteiger partial charge in [0.2, 0.25) is 17.8 Å². The number of aliphatic hydroxyl groups excluding tert-OH is 1. The van der Waals surface area contributed by atoms with E-state index < -0.39 is 0 Å². The van der Waals surface area contributed by atoms with Crippen LogP contribution in [0.5, 0.6) is 0 Å². The van der Waals surface area contributed by atoms with E-state index in [1.165, 1.54) is 0 Å². The number of piperazine rings is 1. The van der Waals surface area contributed by atoms with Gasteiger partial charge in [0, 0.05) is 46.8 Å². The third kappa shape index (κ3) is 6.47. The highest BCUT2D eigenvalue weighted by Crippen LogP contribution is 2.30. The van der Waals surface area contributed by atoms with Crippen molar-refractivity contribution in [3.63, 3.8) is 0 Å². The monoisotopic (exact) mass is 566 g/mol. The number of nitrogen functional groups attached to an aromatic ring is 1. The average Bonchev–Trinajstić information content (AvgIpc) is 2.97. The van der Waals surface area contributed by atoms with Gasteiger partial charge in [-0.3, -0.25) is 9.59 Å². The molecule has 2 heterocycles. The van der Waals surface area contributed by atoms with Crippen molar-refractivity contribution in [2.24, 2.45) is 0 Å². The number of carbonyl (C=O) groups is 2. The molecule has 1 aliphatic rings. The Labute approximate surface area is 244 Å². The summed E-state index contributed by atoms with van der Waals surface area (Å²) in [4.78, 5) is 39.8. The minimum Gasteiger partial charge on any atom is -0.392 e. The lowest BCUT2D eigenvalue weighted by atomic mass is 9.86. The summed E-state index contributed by atoms with van der Waals surface area (Å²) in [6, 6.07) is 20.3. The molecule has 0 radical (unpaired) electrons. The number of rotatable bonds is 7. The second kappa shape index (κ2) is 11.8. The van der Waals surface area contributed by atoms with E-state index in [1.807, 2.05) is 41.3 Å². The Morgan fingerprint density at radius 2 is 1.76 bits per heavy atom. The van der Waals surface area contributed by atoms with Crippen LogP contribution < -0.4 is 26.6 Å². The molecule has 216 valence electrons. The van der Waals surface area contributed by atoms with Crippen molar-refractivity contribution < 1.29 is 14.7 Å². The van der Waals surface area contributed by atoms with Crippen LogP contribution in [-0.4, -0.2) is 51.5 Å². The van der Waals surface area contributed by atoms with Crippen LogP contribution >= 0.6 is 0 Å². The number of aromatic nitrogens is 3. The van der Waals surface area contributed by atoms with E-state index >= 15 is 0 Å². The smallest absolute Gasteiger partial charge is 0.255 e. The van der Waals surface area contributed by atoms with Gasteiger partial charge in [0.05, 0.1) is 13.2 Å². The van der Waals surface area contributed by atoms with Crippen LogP contribution in [0.15, 0.2) is 66.7 Å². The first-order valence-corrected chi connectivity index (χ1v) is 13.7. The number of carbonyl (C=O) groups excluding carboxylic acids is 2. The highest BCUT2D eigenvalue weighted by molar-refractivity contribution is 6.05. The molecule has 0 atom stereocenters. The highest BCUT2D eigenvalue weighted by atomic mass is 16.3. The van der Waals surface area contributed by atoms with Crippen molar-refractivity contribution >= 4 is 40.8 Å². The highest BCUT2D eigenvalue weighted by Gasteiger charge is 2.19. The van der Waals surface area contributed by atoms with Crippen LogP contribution in [0, 0.1) is 0 Å². The lowest BCUT2D eigenvalue weighted by molar-refractivity contribution is -0.120. The number of hydrogen-bond acceptors (Lipinski definition) is 9. The number of aliphatic hydroxyl groups is 1. The first-order valence-electron chi connectivity index (χ1n) is 13.7. The van der Waals surface area contributed by atoms with Crippen molar-refractivity contribution in [2.45, 2.75) is 32.8 Å². The molecule has 11 heteroatoms. The first kappa shape index (κ1) is 28.5. The molecular weight excluding hydrogens is 532 g/mol. The summed E-state index contributed by atoms with van der Waals surface area (Å²) in [5.41, 5.74) is 10.7. The fraction of sp³-hybridized carbons (Fsp3) is 0.258. The third-order valence-electron chi connectivity index (χ3n) is 7.02. The number of nitrogens with one attached hydrogen (secondary N) is 3. The van der Waals surface area contributed by atoms with Crippen molar-refractivity contribution in [3.8, 4) is 11.4 Å². The summed E-state index contributed by atoms with van der Waals surface area (Å²) in [6.45, 7) is 7.65. The van der Waals surface area contributed by atoms with Gasteiger partial charge in [-0.15, -0.1) is 0 Å². The van der Waals surface area contributed by atoms with E-state index in [4.69, 9.17) is 5.73 Å². The van der Waals surface area contributed by atoms with Gasteiger partial charge >= 0.3 is 0 Å². The quantitative estimate of drug-likeness (QED) is 0.224. The minimum absolute atomic E-state index is 0.00252. The van der Waals surface area contributed by atoms with Crippen molar-refractivity contribution in [2.75, 3.05) is 40.9 Å². The van der Waals surface area contributed by atoms with Gasteiger partial charge in [0.25, 0.3) is 5.91 Å². The third-order valence-corrected chi connectivity index (χ3v) is 7.02. The van der Waals surface area contributed by atoms with Crippen molar-refractivity contribution in [3.05, 3.63) is 83.4 Å². The molecule has 42 heavy (non-hydrogen) atoms. The molecule has 0 bridgehead atoms. The number of benzene rings is 3. The van der Waals surface area contributed by atoms with E-state index in [0.717, 1.165) is 23.5 Å². The molecule has 2 amide bonds. The SMILES string of the molecule is CC(C)(C)c1ccc(C(=O)Nc2cccc(-c3nc(N)nc(Nc4ccc(N5CCNC(=O)C5)cc4)n3)c2CO)cc1. The van der Waals surface area contributed by atoms with E-state index in [9.17, 15) is 14.7 Å². The molecule has 0 spiro atoms. The van der Waals surface area contributed by atoms with Gasteiger partial charge in [0.15, 0.2) is 5.82 Å². The van der Waals surface area contributed by atoms with Crippen LogP contribution in [-0.2, 0) is 16.8 Å². The molecular formula is C31H34N8O3. The zero-order valence-electron chi connectivity index (χ0n) is 23.8. The topological polar surface area (TPSA) is 158 Å². The maximum Gasteiger partial charge on any atom is 0.255 e. The Morgan fingerprint density at radius 1 is 1.02 bits per heavy atom. The fourth-order valence-corrected chi connectivity index (χ4v) is 4.71. The molecule has 11 nitrogen and oxygen atoms in total. The summed E-state index contributed by atoms with van der Waals surface area (Å²) in [5, 5.41) is 19.2. The maximum atomic E-state index is 13.1. The van der Waals surface area contributed by atoms with Gasteiger partial charge < -0.3 is 31.7 Å². The van der Waals surface area contributed by atoms with Crippen molar-refractivity contribution in [1.29, 1.82) is 0 Å². The first-order chi connectivity index (χ1) is 20.1. The van der Waals surface area contributed by atoms with E-state index in [-0.39, 0.29) is 41.6 Å². The molecule has 0 unspecified atom stereocenters. The summed E-state index contributed by atoms with van der Waals surface area (Å²) >= 11 is 0. The molecule has 1 saturated heterocycles. The number of anilines is 5. The standard InChI is InChI=1S/C31H34N8O3/c1-31(2,3)20-9-7-19(8-10-20)28(42)35-25-6-4-5-23(24(25)18-40)27-36-29(32)38-30(37-27)34-21-11-13-22(14-12-21)39-16-15-33-26(41)17-39/h4-14,40H,15-18H2,1-3H3,(H,33,41)(H,35,42)(H3,32,34,36,37,38). The molecule has 5 rings (SSSR count). The van der Waals surface area contributed by atoms with Crippen LogP contribution in [0.25, 0.3) is 11.4 Å². The zero-order valence-corrected chi connectivity index (χ0v) is 23.8. The Balaban J connectivity index is 1.36. The lowest BCUT2D eigenvalue weighted by Crippen LogP contribution is -2.47. The summed E-state index contributed by atoms with van der Waals surface area (Å²) < 4.78 is 0. The van der Waals surface area contributed by atoms with Gasteiger partial charge in [0.1, 0.15) is 0 Å². The number of nitrogens with two attached hydrogens (primary N) is 1. The van der Waals surface area contributed by atoms with Gasteiger partial charge in [-0.2, -0.15) is 15.0 Å². The Kier molecular flexibility index (Phi) is 8.03. The molecule has 1 aliphatic heterocycles. The van der Waals surface area contributed by atoms with E-state index in [1.54, 1.807) is 30.3 Å². The largest absolute Gasteiger partial charge is 0.392 e. The van der Waals surface area contributed by atoms with Crippen molar-refractivity contribution in [1.82, 2.24) is 20.3 Å². The Bertz CT molecular complexity index is 1600. The van der Waals surface area contributed by atoms with E-state index in [0.29, 0.717) is 35.5 Å². The predicted molar refractivity (Wildman–Crippen MR) is 164 cm³/mol. The summed E-state index contributed by atoms with van der Waals surface area (Å²) in [7, 11) is 0. The average molecular weight is 567 g/mol. The van der Waals surface area contributed by atoms with Gasteiger partial charge in [-0.05, 0) is 53.4 Å². The number of nitrogens with zero attached hydrogens (tertiary/aromatic N) is 4. The second-order valence-corrected chi connectivity index (χ2v) is 11.1. The molecule has 0 aliphatic carbocycles. The molecule has 4 aromatic rings. The number of hydrogen-bond donors (Lipinski definition) is 5. The van der Waals surface area contributed by atoms with Crippen LogP contribution in [0.3, 0.4) is 0 Å². The molecule has 1 fully saturated rings. The Hall–Kier alpha value is -5.03. The number of amides is 2. The lowest BCUT2D eigenvalue weighted by Gasteiger charge is -2.28. The predicted octanol–water partition coefficient (Wildman–Crippen LogP) is 3.84. The van der Waals surface area contributed by atoms with Gasteiger partial charge in [-0.1, -0.05) is 45.0 Å². The van der Waals surface area contributed by atoms with Crippen LogP contribution in [0.4, 0.5) is 29.0 Å².